The van der Waals surface area contributed by atoms with Gasteiger partial charge in [-0.1, -0.05) is 66.3 Å². The van der Waals surface area contributed by atoms with E-state index < -0.39 is 0 Å². The van der Waals surface area contributed by atoms with E-state index in [1.165, 1.54) is 11.1 Å². The third kappa shape index (κ3) is 4.32. The molecule has 0 aliphatic carbocycles. The average Bonchev–Trinajstić information content (AvgIpc) is 2.47. The van der Waals surface area contributed by atoms with Gasteiger partial charge in [-0.25, -0.2) is 0 Å². The number of hydrogen-bond acceptors (Lipinski definition) is 2. The summed E-state index contributed by atoms with van der Waals surface area (Å²) < 4.78 is 0. The van der Waals surface area contributed by atoms with Crippen LogP contribution in [0.25, 0.3) is 12.2 Å². The molecule has 0 amide bonds. The van der Waals surface area contributed by atoms with Gasteiger partial charge in [0.05, 0.1) is 5.69 Å². The molecule has 0 aliphatic rings. The molecule has 0 spiro atoms. The van der Waals surface area contributed by atoms with Crippen molar-refractivity contribution in [1.29, 1.82) is 0 Å². The smallest absolute Gasteiger partial charge is 0.0852 e. The maximum absolute atomic E-state index is 3.98. The highest BCUT2D eigenvalue weighted by Gasteiger charge is 1.89. The number of rotatable bonds is 4. The Morgan fingerprint density at radius 2 is 1.25 bits per heavy atom. The van der Waals surface area contributed by atoms with Crippen LogP contribution in [0.5, 0.6) is 0 Å². The first-order chi connectivity index (χ1) is 9.78. The van der Waals surface area contributed by atoms with Crippen LogP contribution in [0, 0.1) is 6.92 Å². The zero-order valence-electron chi connectivity index (χ0n) is 11.8. The van der Waals surface area contributed by atoms with Gasteiger partial charge in [0.15, 0.2) is 0 Å². The van der Waals surface area contributed by atoms with Crippen molar-refractivity contribution in [1.82, 2.24) is 0 Å². The molecule has 0 atom stereocenters. The summed E-state index contributed by atoms with van der Waals surface area (Å²) in [5.41, 5.74) is 4.51. The molecule has 2 aromatic rings. The third-order valence-corrected chi connectivity index (χ3v) is 2.87. The maximum atomic E-state index is 3.98. The topological polar surface area (TPSA) is 24.7 Å². The summed E-state index contributed by atoms with van der Waals surface area (Å²) in [5.74, 6) is 0. The Balaban J connectivity index is 1.97. The van der Waals surface area contributed by atoms with Crippen LogP contribution < -0.4 is 0 Å². The van der Waals surface area contributed by atoms with Gasteiger partial charge in [0.25, 0.3) is 0 Å². The zero-order chi connectivity index (χ0) is 14.2. The fourth-order valence-corrected chi connectivity index (χ4v) is 1.78. The van der Waals surface area contributed by atoms with Gasteiger partial charge in [-0.2, -0.15) is 10.2 Å². The van der Waals surface area contributed by atoms with Gasteiger partial charge in [-0.05, 0) is 30.2 Å². The molecule has 2 heteroatoms. The van der Waals surface area contributed by atoms with Crippen molar-refractivity contribution in [2.45, 2.75) is 6.92 Å². The minimum absolute atomic E-state index is 0.875. The fourth-order valence-electron chi connectivity index (χ4n) is 1.78. The van der Waals surface area contributed by atoms with Crippen molar-refractivity contribution in [2.75, 3.05) is 7.05 Å². The normalized spacial score (nSPS) is 11.9. The predicted octanol–water partition coefficient (Wildman–Crippen LogP) is 5.44. The Kier molecular flexibility index (Phi) is 5.01. The number of hydrogen-bond donors (Lipinski definition) is 0. The second-order valence-electron chi connectivity index (χ2n) is 4.52. The van der Waals surface area contributed by atoms with Crippen LogP contribution in [-0.2, 0) is 0 Å². The van der Waals surface area contributed by atoms with Crippen LogP contribution in [0.2, 0.25) is 0 Å². The molecule has 100 valence electrons. The molecule has 2 nitrogen and oxygen atoms in total. The van der Waals surface area contributed by atoms with Gasteiger partial charge < -0.3 is 0 Å². The Bertz CT molecular complexity index is 617. The molecule has 0 aromatic heterocycles. The lowest BCUT2D eigenvalue weighted by atomic mass is 10.1. The zero-order valence-corrected chi connectivity index (χ0v) is 11.8. The molecule has 2 rings (SSSR count). The first-order valence-corrected chi connectivity index (χ1v) is 6.59. The standard InChI is InChI=1S/C18H18N2/c1-15-7-9-16(10-8-15)5-3-4-6-17-11-13-18(14-12-17)20-19-2/h3-14H,1-2H3. The summed E-state index contributed by atoms with van der Waals surface area (Å²) in [7, 11) is 1.67. The van der Waals surface area contributed by atoms with E-state index in [1.807, 2.05) is 36.4 Å². The lowest BCUT2D eigenvalue weighted by Crippen LogP contribution is -1.72. The molecular formula is C18H18N2. The van der Waals surface area contributed by atoms with E-state index in [-0.39, 0.29) is 0 Å². The lowest BCUT2D eigenvalue weighted by Gasteiger charge is -1.94. The van der Waals surface area contributed by atoms with E-state index in [4.69, 9.17) is 0 Å². The van der Waals surface area contributed by atoms with Crippen LogP contribution in [0.1, 0.15) is 16.7 Å². The number of benzene rings is 2. The van der Waals surface area contributed by atoms with Crippen molar-refractivity contribution < 1.29 is 0 Å². The Hall–Kier alpha value is -2.48. The fraction of sp³-hybridized carbons (Fsp3) is 0.111. The summed E-state index contributed by atoms with van der Waals surface area (Å²) in [4.78, 5) is 0. The van der Waals surface area contributed by atoms with E-state index >= 15 is 0 Å². The highest BCUT2D eigenvalue weighted by molar-refractivity contribution is 5.58. The minimum atomic E-state index is 0.875. The molecule has 2 aromatic carbocycles. The largest absolute Gasteiger partial charge is 0.192 e. The highest BCUT2D eigenvalue weighted by atomic mass is 15.1. The van der Waals surface area contributed by atoms with E-state index in [0.717, 1.165) is 11.3 Å². The molecule has 0 N–H and O–H groups in total. The van der Waals surface area contributed by atoms with Crippen LogP contribution in [-0.4, -0.2) is 7.05 Å². The summed E-state index contributed by atoms with van der Waals surface area (Å²) in [5, 5.41) is 7.72. The predicted molar refractivity (Wildman–Crippen MR) is 86.1 cm³/mol. The van der Waals surface area contributed by atoms with Crippen molar-refractivity contribution in [2.24, 2.45) is 10.2 Å². The van der Waals surface area contributed by atoms with Crippen molar-refractivity contribution >= 4 is 17.8 Å². The van der Waals surface area contributed by atoms with Gasteiger partial charge in [0, 0.05) is 7.05 Å². The van der Waals surface area contributed by atoms with Crippen molar-refractivity contribution in [3.63, 3.8) is 0 Å². The molecule has 0 unspecified atom stereocenters. The summed E-state index contributed by atoms with van der Waals surface area (Å²) in [6.07, 6.45) is 8.24. The van der Waals surface area contributed by atoms with Crippen LogP contribution in [0.4, 0.5) is 5.69 Å². The molecule has 0 radical (unpaired) electrons. The number of nitrogens with zero attached hydrogens (tertiary/aromatic N) is 2. The quantitative estimate of drug-likeness (QED) is 0.518. The monoisotopic (exact) mass is 262 g/mol. The number of allylic oxidation sites excluding steroid dienone is 2. The molecule has 20 heavy (non-hydrogen) atoms. The van der Waals surface area contributed by atoms with E-state index in [1.54, 1.807) is 7.05 Å². The van der Waals surface area contributed by atoms with Gasteiger partial charge >= 0.3 is 0 Å². The second-order valence-corrected chi connectivity index (χ2v) is 4.52. The van der Waals surface area contributed by atoms with Crippen molar-refractivity contribution in [3.05, 3.63) is 77.4 Å². The number of aryl methyl sites for hydroxylation is 1. The Morgan fingerprint density at radius 1 is 0.750 bits per heavy atom. The van der Waals surface area contributed by atoms with E-state index in [0.29, 0.717) is 0 Å². The molecule has 0 saturated carbocycles. The first-order valence-electron chi connectivity index (χ1n) is 6.59. The van der Waals surface area contributed by atoms with Gasteiger partial charge in [-0.15, -0.1) is 0 Å². The maximum Gasteiger partial charge on any atom is 0.0852 e. The second kappa shape index (κ2) is 7.19. The van der Waals surface area contributed by atoms with Gasteiger partial charge in [-0.3, -0.25) is 0 Å². The summed E-state index contributed by atoms with van der Waals surface area (Å²) >= 11 is 0. The molecule has 0 fully saturated rings. The summed E-state index contributed by atoms with van der Waals surface area (Å²) in [6, 6.07) is 16.4. The SMILES string of the molecule is CN=Nc1ccc(C=CC=Cc2ccc(C)cc2)cc1. The third-order valence-electron chi connectivity index (χ3n) is 2.87. The molecule has 0 saturated heterocycles. The van der Waals surface area contributed by atoms with E-state index in [2.05, 4.69) is 53.6 Å². The lowest BCUT2D eigenvalue weighted by molar-refractivity contribution is 1.17. The average molecular weight is 262 g/mol. The molecular weight excluding hydrogens is 244 g/mol. The number of azo groups is 1. The molecule has 0 bridgehead atoms. The van der Waals surface area contributed by atoms with Crippen LogP contribution in [0.3, 0.4) is 0 Å². The highest BCUT2D eigenvalue weighted by Crippen LogP contribution is 2.14. The molecule has 0 aliphatic heterocycles. The van der Waals surface area contributed by atoms with Crippen LogP contribution in [0.15, 0.2) is 70.9 Å². The van der Waals surface area contributed by atoms with Gasteiger partial charge in [0.1, 0.15) is 0 Å². The van der Waals surface area contributed by atoms with Crippen LogP contribution >= 0.6 is 0 Å². The summed E-state index contributed by atoms with van der Waals surface area (Å²) in [6.45, 7) is 2.09. The molecule has 0 heterocycles. The van der Waals surface area contributed by atoms with Crippen molar-refractivity contribution in [3.8, 4) is 0 Å². The van der Waals surface area contributed by atoms with E-state index in [9.17, 15) is 0 Å². The Labute approximate surface area is 120 Å². The first kappa shape index (κ1) is 13.9. The Morgan fingerprint density at radius 3 is 1.75 bits per heavy atom. The van der Waals surface area contributed by atoms with Gasteiger partial charge in [0.2, 0.25) is 0 Å². The minimum Gasteiger partial charge on any atom is -0.192 e.